The van der Waals surface area contributed by atoms with Crippen molar-refractivity contribution in [3.05, 3.63) is 11.6 Å². The smallest absolute Gasteiger partial charge is 0.312 e. The van der Waals surface area contributed by atoms with Gasteiger partial charge in [0.2, 0.25) is 0 Å². The quantitative estimate of drug-likeness (QED) is 0.402. The highest BCUT2D eigenvalue weighted by Gasteiger charge is 2.69. The lowest BCUT2D eigenvalue weighted by Crippen LogP contribution is -2.66. The van der Waals surface area contributed by atoms with Gasteiger partial charge in [-0.25, -0.2) is 0 Å². The normalized spacial score (nSPS) is 57.7. The largest absolute Gasteiger partial charge is 0.481 e. The third-order valence-electron chi connectivity index (χ3n) is 13.6. The van der Waals surface area contributed by atoms with Gasteiger partial charge in [0.25, 0.3) is 0 Å². The van der Waals surface area contributed by atoms with E-state index in [-0.39, 0.29) is 34.2 Å². The highest BCUT2D eigenvalue weighted by molar-refractivity contribution is 5.75. The van der Waals surface area contributed by atoms with Crippen LogP contribution in [0.4, 0.5) is 0 Å². The standard InChI is InChI=1S/C30H48O5/c1-25-13-14-29(5)18(19(25)15-27(3,24(34)35)23(33)16-25)7-8-21-26(2)11-10-22(32)28(4,17-31)20(26)9-12-30(21,29)6/h7,19-23,31-33H,8-17H2,1-6H3,(H,34,35). The molecule has 0 aliphatic heterocycles. The molecule has 0 heterocycles. The Bertz CT molecular complexity index is 945. The minimum atomic E-state index is -1.10. The molecule has 0 saturated heterocycles. The van der Waals surface area contributed by atoms with Crippen LogP contribution >= 0.6 is 0 Å². The number of aliphatic hydroxyl groups excluding tert-OH is 3. The van der Waals surface area contributed by atoms with E-state index in [2.05, 4.69) is 40.7 Å². The van der Waals surface area contributed by atoms with Crippen molar-refractivity contribution in [1.29, 1.82) is 0 Å². The van der Waals surface area contributed by atoms with Crippen molar-refractivity contribution in [2.45, 2.75) is 112 Å². The molecule has 11 atom stereocenters. The van der Waals surface area contributed by atoms with Crippen LogP contribution in [0.3, 0.4) is 0 Å². The zero-order valence-corrected chi connectivity index (χ0v) is 22.7. The van der Waals surface area contributed by atoms with Crippen molar-refractivity contribution in [3.8, 4) is 0 Å². The van der Waals surface area contributed by atoms with E-state index >= 15 is 0 Å². The van der Waals surface area contributed by atoms with E-state index in [1.807, 2.05) is 0 Å². The van der Waals surface area contributed by atoms with Gasteiger partial charge in [0.05, 0.1) is 24.2 Å². The Morgan fingerprint density at radius 1 is 0.914 bits per heavy atom. The molecule has 0 amide bonds. The fourth-order valence-electron chi connectivity index (χ4n) is 10.7. The topological polar surface area (TPSA) is 98.0 Å². The summed E-state index contributed by atoms with van der Waals surface area (Å²) in [5, 5.41) is 42.3. The van der Waals surface area contributed by atoms with E-state index in [4.69, 9.17) is 0 Å². The van der Waals surface area contributed by atoms with E-state index in [0.29, 0.717) is 24.7 Å². The zero-order valence-electron chi connectivity index (χ0n) is 22.7. The van der Waals surface area contributed by atoms with Crippen LogP contribution in [0.1, 0.15) is 99.3 Å². The molecular formula is C30H48O5. The molecular weight excluding hydrogens is 440 g/mol. The Morgan fingerprint density at radius 2 is 1.60 bits per heavy atom. The van der Waals surface area contributed by atoms with Crippen molar-refractivity contribution < 1.29 is 25.2 Å². The van der Waals surface area contributed by atoms with Gasteiger partial charge < -0.3 is 20.4 Å². The predicted octanol–water partition coefficient (Wildman–Crippen LogP) is 5.18. The average Bonchev–Trinajstić information content (AvgIpc) is 2.79. The maximum atomic E-state index is 12.3. The Kier molecular flexibility index (Phi) is 5.56. The van der Waals surface area contributed by atoms with Gasteiger partial charge in [-0.05, 0) is 104 Å². The third-order valence-corrected chi connectivity index (χ3v) is 13.6. The lowest BCUT2D eigenvalue weighted by atomic mass is 9.33. The second kappa shape index (κ2) is 7.57. The monoisotopic (exact) mass is 488 g/mol. The third kappa shape index (κ3) is 3.01. The van der Waals surface area contributed by atoms with Gasteiger partial charge in [-0.2, -0.15) is 0 Å². The van der Waals surface area contributed by atoms with E-state index < -0.39 is 29.0 Å². The van der Waals surface area contributed by atoms with E-state index in [9.17, 15) is 25.2 Å². The first-order chi connectivity index (χ1) is 16.1. The van der Waals surface area contributed by atoms with Gasteiger partial charge >= 0.3 is 5.97 Å². The number of carboxylic acid groups (broad SMARTS) is 1. The summed E-state index contributed by atoms with van der Waals surface area (Å²) in [5.74, 6) is 0.0847. The van der Waals surface area contributed by atoms with Gasteiger partial charge in [-0.15, -0.1) is 0 Å². The van der Waals surface area contributed by atoms with Gasteiger partial charge in [-0.3, -0.25) is 4.79 Å². The van der Waals surface area contributed by atoms with Crippen molar-refractivity contribution in [2.24, 2.45) is 50.2 Å². The van der Waals surface area contributed by atoms with E-state index in [1.165, 1.54) is 5.57 Å². The number of aliphatic hydroxyl groups is 3. The lowest BCUT2D eigenvalue weighted by molar-refractivity contribution is -0.217. The number of carbonyl (C=O) groups is 1. The molecule has 4 fully saturated rings. The molecule has 5 aliphatic carbocycles. The van der Waals surface area contributed by atoms with Crippen LogP contribution in [-0.2, 0) is 4.79 Å². The summed E-state index contributed by atoms with van der Waals surface area (Å²) in [7, 11) is 0. The first-order valence-electron chi connectivity index (χ1n) is 14.0. The molecule has 5 aliphatic rings. The van der Waals surface area contributed by atoms with Crippen molar-refractivity contribution >= 4 is 5.97 Å². The van der Waals surface area contributed by atoms with Crippen LogP contribution in [0, 0.1) is 50.2 Å². The molecule has 0 bridgehead atoms. The van der Waals surface area contributed by atoms with Crippen molar-refractivity contribution in [3.63, 3.8) is 0 Å². The molecule has 5 heteroatoms. The fraction of sp³-hybridized carbons (Fsp3) is 0.900. The molecule has 0 aromatic rings. The number of allylic oxidation sites excluding steroid dienone is 2. The minimum Gasteiger partial charge on any atom is -0.481 e. The number of fused-ring (bicyclic) bond motifs is 7. The molecule has 4 saturated carbocycles. The van der Waals surface area contributed by atoms with Crippen LogP contribution in [0.25, 0.3) is 0 Å². The predicted molar refractivity (Wildman–Crippen MR) is 135 cm³/mol. The maximum Gasteiger partial charge on any atom is 0.312 e. The number of rotatable bonds is 2. The van der Waals surface area contributed by atoms with Crippen LogP contribution in [0.15, 0.2) is 11.6 Å². The molecule has 5 rings (SSSR count). The first-order valence-corrected chi connectivity index (χ1v) is 14.0. The van der Waals surface area contributed by atoms with Crippen molar-refractivity contribution in [2.75, 3.05) is 6.61 Å². The minimum absolute atomic E-state index is 0.00145. The molecule has 35 heavy (non-hydrogen) atoms. The summed E-state index contributed by atoms with van der Waals surface area (Å²) in [4.78, 5) is 12.3. The first kappa shape index (κ1) is 25.7. The van der Waals surface area contributed by atoms with Crippen molar-refractivity contribution in [1.82, 2.24) is 0 Å². The summed E-state index contributed by atoms with van der Waals surface area (Å²) in [6, 6.07) is 0. The molecule has 0 aromatic heterocycles. The Labute approximate surface area is 211 Å². The summed E-state index contributed by atoms with van der Waals surface area (Å²) in [6.07, 6.45) is 9.24. The highest BCUT2D eigenvalue weighted by atomic mass is 16.4. The van der Waals surface area contributed by atoms with E-state index in [1.54, 1.807) is 6.92 Å². The SMILES string of the molecule is CC12CCC3(C)C(=CCC4C5(C)CCC(O)C(C)(CO)C5CCC43C)C1CC(C)(C(=O)O)C(O)C2. The molecule has 198 valence electrons. The second-order valence-electron chi connectivity index (χ2n) is 14.9. The molecule has 4 N–H and O–H groups in total. The molecule has 0 radical (unpaired) electrons. The zero-order chi connectivity index (χ0) is 25.8. The Hall–Kier alpha value is -0.910. The van der Waals surface area contributed by atoms with Crippen LogP contribution in [-0.4, -0.2) is 45.2 Å². The van der Waals surface area contributed by atoms with Gasteiger partial charge in [0.15, 0.2) is 0 Å². The molecule has 0 spiro atoms. The maximum absolute atomic E-state index is 12.3. The Morgan fingerprint density at radius 3 is 2.23 bits per heavy atom. The number of hydrogen-bond acceptors (Lipinski definition) is 4. The lowest BCUT2D eigenvalue weighted by Gasteiger charge is -2.71. The van der Waals surface area contributed by atoms with Crippen LogP contribution in [0.5, 0.6) is 0 Å². The average molecular weight is 489 g/mol. The second-order valence-corrected chi connectivity index (χ2v) is 14.9. The molecule has 5 nitrogen and oxygen atoms in total. The van der Waals surface area contributed by atoms with E-state index in [0.717, 1.165) is 44.9 Å². The molecule has 0 aromatic carbocycles. The number of carboxylic acids is 1. The van der Waals surface area contributed by atoms with Crippen LogP contribution < -0.4 is 0 Å². The fourth-order valence-corrected chi connectivity index (χ4v) is 10.7. The number of aliphatic carboxylic acids is 1. The van der Waals surface area contributed by atoms with Crippen LogP contribution in [0.2, 0.25) is 0 Å². The number of hydrogen-bond donors (Lipinski definition) is 4. The Balaban J connectivity index is 1.57. The summed E-state index contributed by atoms with van der Waals surface area (Å²) >= 11 is 0. The highest BCUT2D eigenvalue weighted by Crippen LogP contribution is 2.75. The summed E-state index contributed by atoms with van der Waals surface area (Å²) in [6.45, 7) is 13.6. The molecule has 11 unspecified atom stereocenters. The van der Waals surface area contributed by atoms with Gasteiger partial charge in [-0.1, -0.05) is 46.3 Å². The summed E-state index contributed by atoms with van der Waals surface area (Å²) in [5.41, 5.74) is 0.00866. The summed E-state index contributed by atoms with van der Waals surface area (Å²) < 4.78 is 0. The van der Waals surface area contributed by atoms with Gasteiger partial charge in [0.1, 0.15) is 0 Å². The van der Waals surface area contributed by atoms with Gasteiger partial charge in [0, 0.05) is 5.41 Å².